The maximum absolute atomic E-state index is 12.2. The number of benzene rings is 1. The Morgan fingerprint density at radius 1 is 1.37 bits per heavy atom. The van der Waals surface area contributed by atoms with Crippen LogP contribution in [0.1, 0.15) is 24.8 Å². The van der Waals surface area contributed by atoms with Gasteiger partial charge < -0.3 is 9.67 Å². The highest BCUT2D eigenvalue weighted by molar-refractivity contribution is 5.87. The SMILES string of the molecule is N#Cc1c(O)c2ccccc2n(CCC2CC2)c1=O. The molecule has 3 rings (SSSR count). The number of hydrogen-bond donors (Lipinski definition) is 1. The van der Waals surface area contributed by atoms with Gasteiger partial charge in [-0.3, -0.25) is 4.79 Å². The van der Waals surface area contributed by atoms with E-state index in [-0.39, 0.29) is 16.9 Å². The largest absolute Gasteiger partial charge is 0.506 e. The van der Waals surface area contributed by atoms with Crippen molar-refractivity contribution in [3.05, 3.63) is 40.2 Å². The predicted octanol–water partition coefficient (Wildman–Crippen LogP) is 2.38. The summed E-state index contributed by atoms with van der Waals surface area (Å²) < 4.78 is 1.62. The molecule has 0 unspecified atom stereocenters. The lowest BCUT2D eigenvalue weighted by Crippen LogP contribution is -2.23. The highest BCUT2D eigenvalue weighted by atomic mass is 16.3. The van der Waals surface area contributed by atoms with Crippen LogP contribution in [0.25, 0.3) is 10.9 Å². The normalized spacial score (nSPS) is 14.5. The molecule has 1 aromatic carbocycles. The first-order valence-electron chi connectivity index (χ1n) is 6.47. The number of aromatic nitrogens is 1. The Bertz CT molecular complexity index is 736. The van der Waals surface area contributed by atoms with Gasteiger partial charge in [0.1, 0.15) is 11.8 Å². The average molecular weight is 254 g/mol. The van der Waals surface area contributed by atoms with Gasteiger partial charge in [0.15, 0.2) is 5.56 Å². The van der Waals surface area contributed by atoms with E-state index in [2.05, 4.69) is 0 Å². The van der Waals surface area contributed by atoms with Crippen LogP contribution in [0.3, 0.4) is 0 Å². The molecule has 0 amide bonds. The summed E-state index contributed by atoms with van der Waals surface area (Å²) in [5, 5.41) is 19.6. The van der Waals surface area contributed by atoms with Crippen molar-refractivity contribution < 1.29 is 5.11 Å². The van der Waals surface area contributed by atoms with Crippen LogP contribution in [0, 0.1) is 17.2 Å². The van der Waals surface area contributed by atoms with Gasteiger partial charge >= 0.3 is 0 Å². The van der Waals surface area contributed by atoms with Crippen molar-refractivity contribution in [2.45, 2.75) is 25.8 Å². The van der Waals surface area contributed by atoms with Crippen molar-refractivity contribution in [3.8, 4) is 11.8 Å². The lowest BCUT2D eigenvalue weighted by molar-refractivity contribution is 0.475. The molecule has 2 aromatic rings. The van der Waals surface area contributed by atoms with Gasteiger partial charge in [0.2, 0.25) is 0 Å². The van der Waals surface area contributed by atoms with Crippen LogP contribution < -0.4 is 5.56 Å². The fourth-order valence-electron chi connectivity index (χ4n) is 2.43. The van der Waals surface area contributed by atoms with Crippen LogP contribution in [0.2, 0.25) is 0 Å². The van der Waals surface area contributed by atoms with Gasteiger partial charge in [-0.1, -0.05) is 25.0 Å². The summed E-state index contributed by atoms with van der Waals surface area (Å²) in [4.78, 5) is 12.2. The van der Waals surface area contributed by atoms with Gasteiger partial charge in [-0.2, -0.15) is 5.26 Å². The molecule has 1 saturated carbocycles. The first-order valence-corrected chi connectivity index (χ1v) is 6.47. The molecule has 0 atom stereocenters. The van der Waals surface area contributed by atoms with E-state index in [4.69, 9.17) is 5.26 Å². The zero-order valence-corrected chi connectivity index (χ0v) is 10.5. The van der Waals surface area contributed by atoms with E-state index in [0.29, 0.717) is 23.4 Å². The Morgan fingerprint density at radius 3 is 2.79 bits per heavy atom. The topological polar surface area (TPSA) is 66.0 Å². The van der Waals surface area contributed by atoms with E-state index in [1.807, 2.05) is 18.2 Å². The minimum atomic E-state index is -0.389. The number of fused-ring (bicyclic) bond motifs is 1. The van der Waals surface area contributed by atoms with E-state index in [1.54, 1.807) is 16.7 Å². The second kappa shape index (κ2) is 4.43. The van der Waals surface area contributed by atoms with Crippen molar-refractivity contribution >= 4 is 10.9 Å². The molecule has 1 aliphatic carbocycles. The summed E-state index contributed by atoms with van der Waals surface area (Å²) in [6, 6.07) is 8.99. The highest BCUT2D eigenvalue weighted by Gasteiger charge is 2.22. The predicted molar refractivity (Wildman–Crippen MR) is 71.9 cm³/mol. The van der Waals surface area contributed by atoms with Crippen LogP contribution in [-0.2, 0) is 6.54 Å². The van der Waals surface area contributed by atoms with Crippen molar-refractivity contribution in [3.63, 3.8) is 0 Å². The van der Waals surface area contributed by atoms with E-state index in [1.165, 1.54) is 12.8 Å². The second-order valence-electron chi connectivity index (χ2n) is 5.04. The van der Waals surface area contributed by atoms with E-state index < -0.39 is 0 Å². The summed E-state index contributed by atoms with van der Waals surface area (Å²) >= 11 is 0. The molecule has 4 nitrogen and oxygen atoms in total. The molecular weight excluding hydrogens is 240 g/mol. The standard InChI is InChI=1S/C15H14N2O2/c16-9-12-14(18)11-3-1-2-4-13(11)17(15(12)19)8-7-10-5-6-10/h1-4,10,18H,5-8H2. The van der Waals surface area contributed by atoms with Crippen molar-refractivity contribution in [2.75, 3.05) is 0 Å². The molecule has 1 aliphatic rings. The molecule has 0 radical (unpaired) electrons. The highest BCUT2D eigenvalue weighted by Crippen LogP contribution is 2.33. The molecule has 1 aromatic heterocycles. The number of nitriles is 1. The van der Waals surface area contributed by atoms with Crippen LogP contribution in [-0.4, -0.2) is 9.67 Å². The molecule has 4 heteroatoms. The smallest absolute Gasteiger partial charge is 0.272 e. The fourth-order valence-corrected chi connectivity index (χ4v) is 2.43. The first-order chi connectivity index (χ1) is 9.22. The van der Waals surface area contributed by atoms with Gasteiger partial charge in [0.05, 0.1) is 5.52 Å². The third-order valence-electron chi connectivity index (χ3n) is 3.72. The number of nitrogens with zero attached hydrogens (tertiary/aromatic N) is 2. The zero-order chi connectivity index (χ0) is 13.4. The number of rotatable bonds is 3. The molecular formula is C15H14N2O2. The third kappa shape index (κ3) is 1.97. The summed E-state index contributed by atoms with van der Waals surface area (Å²) in [7, 11) is 0. The summed E-state index contributed by atoms with van der Waals surface area (Å²) in [6.07, 6.45) is 3.42. The molecule has 1 N–H and O–H groups in total. The molecule has 0 saturated heterocycles. The summed E-state index contributed by atoms with van der Waals surface area (Å²) in [6.45, 7) is 0.610. The molecule has 96 valence electrons. The van der Waals surface area contributed by atoms with Crippen LogP contribution in [0.4, 0.5) is 0 Å². The summed E-state index contributed by atoms with van der Waals surface area (Å²) in [5.74, 6) is 0.510. The molecule has 1 heterocycles. The van der Waals surface area contributed by atoms with Crippen LogP contribution in [0.5, 0.6) is 5.75 Å². The number of aromatic hydroxyl groups is 1. The Hall–Kier alpha value is -2.28. The molecule has 0 aliphatic heterocycles. The van der Waals surface area contributed by atoms with Gasteiger partial charge in [-0.25, -0.2) is 0 Å². The Morgan fingerprint density at radius 2 is 2.11 bits per heavy atom. The Kier molecular flexibility index (Phi) is 2.75. The number of hydrogen-bond acceptors (Lipinski definition) is 3. The number of pyridine rings is 1. The van der Waals surface area contributed by atoms with Crippen molar-refractivity contribution in [2.24, 2.45) is 5.92 Å². The maximum Gasteiger partial charge on any atom is 0.272 e. The van der Waals surface area contributed by atoms with Gasteiger partial charge in [0.25, 0.3) is 5.56 Å². The zero-order valence-electron chi connectivity index (χ0n) is 10.5. The minimum Gasteiger partial charge on any atom is -0.506 e. The Balaban J connectivity index is 2.22. The van der Waals surface area contributed by atoms with E-state index in [9.17, 15) is 9.90 Å². The van der Waals surface area contributed by atoms with Crippen LogP contribution >= 0.6 is 0 Å². The van der Waals surface area contributed by atoms with Gasteiger partial charge in [-0.05, 0) is 24.5 Å². The number of aryl methyl sites for hydroxylation is 1. The third-order valence-corrected chi connectivity index (χ3v) is 3.72. The first kappa shape index (κ1) is 11.8. The monoisotopic (exact) mass is 254 g/mol. The molecule has 0 spiro atoms. The second-order valence-corrected chi connectivity index (χ2v) is 5.04. The quantitative estimate of drug-likeness (QED) is 0.914. The number of para-hydroxylation sites is 1. The maximum atomic E-state index is 12.2. The lowest BCUT2D eigenvalue weighted by atomic mass is 10.1. The van der Waals surface area contributed by atoms with E-state index >= 15 is 0 Å². The van der Waals surface area contributed by atoms with Crippen molar-refractivity contribution in [1.82, 2.24) is 4.57 Å². The van der Waals surface area contributed by atoms with Gasteiger partial charge in [-0.15, -0.1) is 0 Å². The van der Waals surface area contributed by atoms with Crippen LogP contribution in [0.15, 0.2) is 29.1 Å². The lowest BCUT2D eigenvalue weighted by Gasteiger charge is -2.12. The fraction of sp³-hybridized carbons (Fsp3) is 0.333. The van der Waals surface area contributed by atoms with Crippen molar-refractivity contribution in [1.29, 1.82) is 5.26 Å². The summed E-state index contributed by atoms with van der Waals surface area (Å²) in [5.41, 5.74) is 0.151. The Labute approximate surface area is 110 Å². The minimum absolute atomic E-state index is 0.158. The molecule has 0 bridgehead atoms. The molecule has 1 fully saturated rings. The van der Waals surface area contributed by atoms with Gasteiger partial charge in [0, 0.05) is 11.9 Å². The van der Waals surface area contributed by atoms with E-state index in [0.717, 1.165) is 6.42 Å². The molecule has 19 heavy (non-hydrogen) atoms. The average Bonchev–Trinajstić information content (AvgIpc) is 3.23.